The normalized spacial score (nSPS) is 16.5. The monoisotopic (exact) mass is 571 g/mol. The van der Waals surface area contributed by atoms with Gasteiger partial charge in [-0.2, -0.15) is 0 Å². The summed E-state index contributed by atoms with van der Waals surface area (Å²) >= 11 is 3.40. The molecule has 5 rings (SSSR count). The van der Waals surface area contributed by atoms with Crippen LogP contribution in [0.1, 0.15) is 17.2 Å². The van der Waals surface area contributed by atoms with Crippen molar-refractivity contribution in [2.24, 2.45) is 0 Å². The summed E-state index contributed by atoms with van der Waals surface area (Å²) in [6.07, 6.45) is 0. The average Bonchev–Trinajstić information content (AvgIpc) is 3.19. The molecule has 0 bridgehead atoms. The molecule has 7 nitrogen and oxygen atoms in total. The van der Waals surface area contributed by atoms with E-state index in [0.29, 0.717) is 38.5 Å². The molecular weight excluding hydrogens is 550 g/mol. The Kier molecular flexibility index (Phi) is 6.89. The molecule has 1 saturated heterocycles. The molecule has 2 N–H and O–H groups in total. The minimum atomic E-state index is -0.933. The Hall–Kier alpha value is -4.56. The molecule has 1 aliphatic heterocycles. The summed E-state index contributed by atoms with van der Waals surface area (Å²) in [5.74, 6) is -0.124. The van der Waals surface area contributed by atoms with Crippen molar-refractivity contribution in [3.05, 3.63) is 118 Å². The number of amides is 1. The number of phenolic OH excluding ortho intramolecular Hbond substituents is 1. The first kappa shape index (κ1) is 25.1. The van der Waals surface area contributed by atoms with Crippen molar-refractivity contribution >= 4 is 39.1 Å². The topological polar surface area (TPSA) is 96.3 Å². The highest BCUT2D eigenvalue weighted by Crippen LogP contribution is 2.43. The van der Waals surface area contributed by atoms with Gasteiger partial charge in [0.15, 0.2) is 0 Å². The van der Waals surface area contributed by atoms with Crippen LogP contribution in [0.25, 0.3) is 5.76 Å². The van der Waals surface area contributed by atoms with Gasteiger partial charge < -0.3 is 19.7 Å². The van der Waals surface area contributed by atoms with Crippen molar-refractivity contribution in [2.45, 2.75) is 6.04 Å². The molecule has 0 saturated carbocycles. The van der Waals surface area contributed by atoms with E-state index in [1.807, 2.05) is 30.3 Å². The number of aromatic hydroxyl groups is 1. The zero-order valence-electron chi connectivity index (χ0n) is 20.2. The second-order valence-corrected chi connectivity index (χ2v) is 9.37. The smallest absolute Gasteiger partial charge is 0.300 e. The molecule has 0 radical (unpaired) electrons. The average molecular weight is 572 g/mol. The summed E-state index contributed by atoms with van der Waals surface area (Å²) < 4.78 is 11.7. The number of ketones is 1. The number of carbonyl (C=O) groups excluding carboxylic acids is 2. The van der Waals surface area contributed by atoms with Crippen LogP contribution < -0.4 is 14.4 Å². The van der Waals surface area contributed by atoms with E-state index in [4.69, 9.17) is 9.47 Å². The molecule has 1 aliphatic rings. The summed E-state index contributed by atoms with van der Waals surface area (Å²) in [6, 6.07) is 26.1. The molecule has 190 valence electrons. The third kappa shape index (κ3) is 4.73. The van der Waals surface area contributed by atoms with Gasteiger partial charge in [-0.15, -0.1) is 0 Å². The second-order valence-electron chi connectivity index (χ2n) is 8.52. The lowest BCUT2D eigenvalue weighted by Crippen LogP contribution is -2.29. The number of Topliss-reactive ketones (excluding diaryl/α,β-unsaturated/α-hetero) is 1. The fourth-order valence-corrected chi connectivity index (χ4v) is 4.88. The van der Waals surface area contributed by atoms with Crippen LogP contribution in [-0.4, -0.2) is 29.0 Å². The molecule has 38 heavy (non-hydrogen) atoms. The van der Waals surface area contributed by atoms with Gasteiger partial charge in [-0.05, 0) is 88.2 Å². The number of ether oxygens (including phenoxy) is 2. The zero-order valence-corrected chi connectivity index (χ0v) is 21.8. The fourth-order valence-electron chi connectivity index (χ4n) is 4.34. The number of methoxy groups -OCH3 is 1. The second kappa shape index (κ2) is 10.4. The minimum absolute atomic E-state index is 0.0344. The predicted octanol–water partition coefficient (Wildman–Crippen LogP) is 6.58. The Balaban J connectivity index is 1.59. The molecular formula is C30H22BrNO6. The van der Waals surface area contributed by atoms with E-state index in [9.17, 15) is 19.8 Å². The van der Waals surface area contributed by atoms with Crippen LogP contribution in [0.15, 0.2) is 107 Å². The number of aliphatic hydroxyl groups is 1. The van der Waals surface area contributed by atoms with Crippen molar-refractivity contribution in [1.29, 1.82) is 0 Å². The van der Waals surface area contributed by atoms with Gasteiger partial charge in [0.2, 0.25) is 0 Å². The predicted molar refractivity (Wildman–Crippen MR) is 147 cm³/mol. The highest BCUT2D eigenvalue weighted by atomic mass is 79.9. The zero-order chi connectivity index (χ0) is 26.8. The molecule has 1 fully saturated rings. The van der Waals surface area contributed by atoms with Gasteiger partial charge in [0, 0.05) is 11.3 Å². The number of phenols is 1. The van der Waals surface area contributed by atoms with Gasteiger partial charge >= 0.3 is 0 Å². The van der Waals surface area contributed by atoms with Crippen LogP contribution in [0.3, 0.4) is 0 Å². The van der Waals surface area contributed by atoms with E-state index < -0.39 is 17.7 Å². The van der Waals surface area contributed by atoms with Gasteiger partial charge in [-0.25, -0.2) is 0 Å². The van der Waals surface area contributed by atoms with Crippen LogP contribution in [0.2, 0.25) is 0 Å². The Morgan fingerprint density at radius 2 is 1.53 bits per heavy atom. The number of hydrogen-bond donors (Lipinski definition) is 2. The number of aliphatic hydroxyl groups excluding tert-OH is 1. The lowest BCUT2D eigenvalue weighted by atomic mass is 9.95. The number of hydrogen-bond acceptors (Lipinski definition) is 6. The van der Waals surface area contributed by atoms with Gasteiger partial charge in [0.1, 0.15) is 28.8 Å². The van der Waals surface area contributed by atoms with Crippen LogP contribution in [0.5, 0.6) is 23.0 Å². The Labute approximate surface area is 227 Å². The van der Waals surface area contributed by atoms with E-state index in [0.717, 1.165) is 0 Å². The Morgan fingerprint density at radius 3 is 2.16 bits per heavy atom. The lowest BCUT2D eigenvalue weighted by Gasteiger charge is -2.25. The Bertz CT molecular complexity index is 1530. The quantitative estimate of drug-likeness (QED) is 0.154. The first-order valence-corrected chi connectivity index (χ1v) is 12.4. The lowest BCUT2D eigenvalue weighted by molar-refractivity contribution is -0.132. The van der Waals surface area contributed by atoms with Gasteiger partial charge in [0.05, 0.1) is 23.2 Å². The van der Waals surface area contributed by atoms with E-state index in [-0.39, 0.29) is 17.1 Å². The highest BCUT2D eigenvalue weighted by Gasteiger charge is 2.47. The third-order valence-corrected chi connectivity index (χ3v) is 6.79. The maximum Gasteiger partial charge on any atom is 0.300 e. The van der Waals surface area contributed by atoms with Crippen molar-refractivity contribution in [3.63, 3.8) is 0 Å². The van der Waals surface area contributed by atoms with Gasteiger partial charge in [-0.1, -0.05) is 30.3 Å². The first-order valence-electron chi connectivity index (χ1n) is 11.6. The molecule has 0 aliphatic carbocycles. The standard InChI is InChI=1S/C30H22BrNO6/c1-37-25-16-9-19(17-24(25)31)28(34)26-27(18-7-12-21(33)13-8-18)32(30(36)29(26)35)20-10-14-23(15-11-20)38-22-5-3-2-4-6-22/h2-17,27,33-34H,1H3/b28-26-. The number of halogens is 1. The van der Waals surface area contributed by atoms with Crippen LogP contribution in [-0.2, 0) is 9.59 Å². The number of rotatable bonds is 6. The number of anilines is 1. The molecule has 1 heterocycles. The summed E-state index contributed by atoms with van der Waals surface area (Å²) in [4.78, 5) is 28.1. The number of carbonyl (C=O) groups is 2. The van der Waals surface area contributed by atoms with E-state index in [1.54, 1.807) is 54.6 Å². The fraction of sp³-hybridized carbons (Fsp3) is 0.0667. The molecule has 1 atom stereocenters. The molecule has 4 aromatic carbocycles. The van der Waals surface area contributed by atoms with Gasteiger partial charge in [-0.3, -0.25) is 14.5 Å². The first-order chi connectivity index (χ1) is 18.4. The molecule has 4 aromatic rings. The van der Waals surface area contributed by atoms with E-state index in [1.165, 1.54) is 24.1 Å². The Morgan fingerprint density at radius 1 is 0.868 bits per heavy atom. The highest BCUT2D eigenvalue weighted by molar-refractivity contribution is 9.10. The van der Waals surface area contributed by atoms with Crippen LogP contribution in [0, 0.1) is 0 Å². The van der Waals surface area contributed by atoms with E-state index in [2.05, 4.69) is 15.9 Å². The number of nitrogens with zero attached hydrogens (tertiary/aromatic N) is 1. The van der Waals surface area contributed by atoms with Crippen molar-refractivity contribution in [2.75, 3.05) is 12.0 Å². The van der Waals surface area contributed by atoms with Gasteiger partial charge in [0.25, 0.3) is 11.7 Å². The summed E-state index contributed by atoms with van der Waals surface area (Å²) in [5.41, 5.74) is 1.26. The van der Waals surface area contributed by atoms with Crippen molar-refractivity contribution in [1.82, 2.24) is 0 Å². The SMILES string of the molecule is COc1ccc(/C(O)=C2/C(=O)C(=O)N(c3ccc(Oc4ccccc4)cc3)C2c2ccc(O)cc2)cc1Br. The largest absolute Gasteiger partial charge is 0.508 e. The number of para-hydroxylation sites is 1. The molecule has 8 heteroatoms. The van der Waals surface area contributed by atoms with E-state index >= 15 is 0 Å². The molecule has 1 amide bonds. The summed E-state index contributed by atoms with van der Waals surface area (Å²) in [7, 11) is 1.52. The minimum Gasteiger partial charge on any atom is -0.508 e. The summed E-state index contributed by atoms with van der Waals surface area (Å²) in [5, 5.41) is 21.1. The maximum absolute atomic E-state index is 13.4. The number of benzene rings is 4. The molecule has 0 aromatic heterocycles. The van der Waals surface area contributed by atoms with Crippen molar-refractivity contribution in [3.8, 4) is 23.0 Å². The summed E-state index contributed by atoms with van der Waals surface area (Å²) in [6.45, 7) is 0. The van der Waals surface area contributed by atoms with Crippen LogP contribution in [0.4, 0.5) is 5.69 Å². The van der Waals surface area contributed by atoms with Crippen LogP contribution >= 0.6 is 15.9 Å². The van der Waals surface area contributed by atoms with Crippen molar-refractivity contribution < 1.29 is 29.3 Å². The third-order valence-electron chi connectivity index (χ3n) is 6.17. The molecule has 0 spiro atoms. The maximum atomic E-state index is 13.4. The molecule has 1 unspecified atom stereocenters.